The normalized spacial score (nSPS) is 25.9. The minimum atomic E-state index is 0.618. The Kier molecular flexibility index (Phi) is 4.58. The lowest BCUT2D eigenvalue weighted by Gasteiger charge is -2.42. The highest BCUT2D eigenvalue weighted by molar-refractivity contribution is 5.47. The first kappa shape index (κ1) is 13.9. The smallest absolute Gasteiger partial charge is 0.0389 e. The minimum absolute atomic E-state index is 0.618. The zero-order valence-corrected chi connectivity index (χ0v) is 12.6. The highest BCUT2D eigenvalue weighted by Gasteiger charge is 2.25. The standard InChI is InChI=1S/C17H27N3/c1-15-13-19(14-16-7-9-18-10-8-16)11-12-20(15)17-5-3-2-4-6-17/h2-6,15-16,18H,7-14H2,1H3. The van der Waals surface area contributed by atoms with Crippen molar-refractivity contribution in [3.05, 3.63) is 30.3 Å². The number of nitrogens with one attached hydrogen (secondary N) is 1. The van der Waals surface area contributed by atoms with Crippen LogP contribution in [0.2, 0.25) is 0 Å². The molecule has 3 rings (SSSR count). The molecule has 0 spiro atoms. The van der Waals surface area contributed by atoms with Gasteiger partial charge in [0.25, 0.3) is 0 Å². The summed E-state index contributed by atoms with van der Waals surface area (Å²) in [5, 5.41) is 3.46. The summed E-state index contributed by atoms with van der Waals surface area (Å²) in [5.41, 5.74) is 1.38. The molecule has 0 saturated carbocycles. The fourth-order valence-electron chi connectivity index (χ4n) is 3.63. The van der Waals surface area contributed by atoms with Crippen molar-refractivity contribution in [1.29, 1.82) is 0 Å². The Morgan fingerprint density at radius 1 is 1.10 bits per heavy atom. The third kappa shape index (κ3) is 3.33. The SMILES string of the molecule is CC1CN(CC2CCNCC2)CCN1c1ccccc1. The predicted octanol–water partition coefficient (Wildman–Crippen LogP) is 2.20. The number of rotatable bonds is 3. The van der Waals surface area contributed by atoms with Gasteiger partial charge in [-0.05, 0) is 50.9 Å². The first-order valence-corrected chi connectivity index (χ1v) is 8.07. The Morgan fingerprint density at radius 3 is 2.55 bits per heavy atom. The monoisotopic (exact) mass is 273 g/mol. The van der Waals surface area contributed by atoms with Crippen molar-refractivity contribution in [2.45, 2.75) is 25.8 Å². The lowest BCUT2D eigenvalue weighted by atomic mass is 9.97. The summed E-state index contributed by atoms with van der Waals surface area (Å²) in [6.45, 7) is 9.67. The van der Waals surface area contributed by atoms with Gasteiger partial charge in [-0.1, -0.05) is 18.2 Å². The fourth-order valence-corrected chi connectivity index (χ4v) is 3.63. The largest absolute Gasteiger partial charge is 0.366 e. The Bertz CT molecular complexity index is 400. The maximum Gasteiger partial charge on any atom is 0.0389 e. The van der Waals surface area contributed by atoms with Gasteiger partial charge in [-0.25, -0.2) is 0 Å². The molecule has 0 bridgehead atoms. The van der Waals surface area contributed by atoms with Gasteiger partial charge in [0.2, 0.25) is 0 Å². The topological polar surface area (TPSA) is 18.5 Å². The van der Waals surface area contributed by atoms with Crippen LogP contribution in [0.5, 0.6) is 0 Å². The van der Waals surface area contributed by atoms with Crippen molar-refractivity contribution >= 4 is 5.69 Å². The molecule has 0 amide bonds. The maximum absolute atomic E-state index is 3.46. The van der Waals surface area contributed by atoms with Crippen molar-refractivity contribution in [3.63, 3.8) is 0 Å². The average molecular weight is 273 g/mol. The molecule has 0 aliphatic carbocycles. The molecule has 0 aromatic heterocycles. The summed E-state index contributed by atoms with van der Waals surface area (Å²) in [4.78, 5) is 5.24. The molecule has 2 fully saturated rings. The van der Waals surface area contributed by atoms with Crippen LogP contribution >= 0.6 is 0 Å². The molecule has 2 aliphatic rings. The Labute approximate surface area is 123 Å². The van der Waals surface area contributed by atoms with Crippen molar-refractivity contribution in [3.8, 4) is 0 Å². The molecule has 2 aliphatic heterocycles. The van der Waals surface area contributed by atoms with Crippen molar-refractivity contribution in [1.82, 2.24) is 10.2 Å². The first-order chi connectivity index (χ1) is 9.83. The lowest BCUT2D eigenvalue weighted by molar-refractivity contribution is 0.178. The number of nitrogens with zero attached hydrogens (tertiary/aromatic N) is 2. The van der Waals surface area contributed by atoms with Crippen LogP contribution in [0.15, 0.2) is 30.3 Å². The average Bonchev–Trinajstić information content (AvgIpc) is 2.49. The zero-order chi connectivity index (χ0) is 13.8. The summed E-state index contributed by atoms with van der Waals surface area (Å²) in [6.07, 6.45) is 2.71. The molecule has 20 heavy (non-hydrogen) atoms. The second-order valence-electron chi connectivity index (χ2n) is 6.33. The van der Waals surface area contributed by atoms with E-state index >= 15 is 0 Å². The van der Waals surface area contributed by atoms with Gasteiger partial charge in [-0.3, -0.25) is 4.90 Å². The van der Waals surface area contributed by atoms with Crippen molar-refractivity contribution < 1.29 is 0 Å². The third-order valence-corrected chi connectivity index (χ3v) is 4.77. The number of anilines is 1. The van der Waals surface area contributed by atoms with Gasteiger partial charge < -0.3 is 10.2 Å². The maximum atomic E-state index is 3.46. The molecule has 3 nitrogen and oxygen atoms in total. The van der Waals surface area contributed by atoms with E-state index in [2.05, 4.69) is 52.4 Å². The Morgan fingerprint density at radius 2 is 1.85 bits per heavy atom. The molecule has 110 valence electrons. The molecule has 1 N–H and O–H groups in total. The molecule has 2 saturated heterocycles. The predicted molar refractivity (Wildman–Crippen MR) is 85.3 cm³/mol. The Balaban J connectivity index is 1.54. The van der Waals surface area contributed by atoms with Gasteiger partial charge in [0, 0.05) is 37.9 Å². The number of hydrogen-bond acceptors (Lipinski definition) is 3. The van der Waals surface area contributed by atoms with E-state index in [-0.39, 0.29) is 0 Å². The fraction of sp³-hybridized carbons (Fsp3) is 0.647. The van der Waals surface area contributed by atoms with E-state index in [0.29, 0.717) is 6.04 Å². The van der Waals surface area contributed by atoms with Gasteiger partial charge in [0.15, 0.2) is 0 Å². The first-order valence-electron chi connectivity index (χ1n) is 8.07. The van der Waals surface area contributed by atoms with Gasteiger partial charge in [0.1, 0.15) is 0 Å². The number of piperidine rings is 1. The van der Waals surface area contributed by atoms with Crippen LogP contribution in [0.4, 0.5) is 5.69 Å². The molecule has 0 radical (unpaired) electrons. The molecule has 1 unspecified atom stereocenters. The van der Waals surface area contributed by atoms with Gasteiger partial charge in [0.05, 0.1) is 0 Å². The van der Waals surface area contributed by atoms with Crippen molar-refractivity contribution in [2.24, 2.45) is 5.92 Å². The molecule has 1 atom stereocenters. The summed E-state index contributed by atoms with van der Waals surface area (Å²) < 4.78 is 0. The van der Waals surface area contributed by atoms with Crippen LogP contribution in [0.3, 0.4) is 0 Å². The van der Waals surface area contributed by atoms with Crippen LogP contribution in [0, 0.1) is 5.92 Å². The Hall–Kier alpha value is -1.06. The van der Waals surface area contributed by atoms with Crippen LogP contribution in [0.1, 0.15) is 19.8 Å². The van der Waals surface area contributed by atoms with E-state index in [1.165, 1.54) is 51.3 Å². The van der Waals surface area contributed by atoms with Crippen LogP contribution < -0.4 is 10.2 Å². The summed E-state index contributed by atoms with van der Waals surface area (Å²) in [5.74, 6) is 0.909. The van der Waals surface area contributed by atoms with E-state index in [4.69, 9.17) is 0 Å². The highest BCUT2D eigenvalue weighted by atomic mass is 15.3. The van der Waals surface area contributed by atoms with Crippen LogP contribution in [0.25, 0.3) is 0 Å². The second kappa shape index (κ2) is 6.59. The summed E-state index contributed by atoms with van der Waals surface area (Å²) in [7, 11) is 0. The number of hydrogen-bond donors (Lipinski definition) is 1. The van der Waals surface area contributed by atoms with Crippen LogP contribution in [-0.4, -0.2) is 50.2 Å². The number of para-hydroxylation sites is 1. The quantitative estimate of drug-likeness (QED) is 0.911. The van der Waals surface area contributed by atoms with Gasteiger partial charge in [-0.15, -0.1) is 0 Å². The molecule has 3 heteroatoms. The van der Waals surface area contributed by atoms with Crippen LogP contribution in [-0.2, 0) is 0 Å². The zero-order valence-electron chi connectivity index (χ0n) is 12.6. The minimum Gasteiger partial charge on any atom is -0.366 e. The van der Waals surface area contributed by atoms with E-state index in [9.17, 15) is 0 Å². The number of piperazine rings is 1. The van der Waals surface area contributed by atoms with E-state index in [0.717, 1.165) is 12.5 Å². The molecular weight excluding hydrogens is 246 g/mol. The molecule has 2 heterocycles. The van der Waals surface area contributed by atoms with E-state index in [1.54, 1.807) is 0 Å². The van der Waals surface area contributed by atoms with Gasteiger partial charge in [-0.2, -0.15) is 0 Å². The third-order valence-electron chi connectivity index (χ3n) is 4.77. The van der Waals surface area contributed by atoms with E-state index < -0.39 is 0 Å². The molecule has 1 aromatic carbocycles. The molecule has 1 aromatic rings. The van der Waals surface area contributed by atoms with Crippen molar-refractivity contribution in [2.75, 3.05) is 44.2 Å². The van der Waals surface area contributed by atoms with E-state index in [1.807, 2.05) is 0 Å². The lowest BCUT2D eigenvalue weighted by Crippen LogP contribution is -2.53. The second-order valence-corrected chi connectivity index (χ2v) is 6.33. The number of benzene rings is 1. The summed E-state index contributed by atoms with van der Waals surface area (Å²) >= 11 is 0. The highest BCUT2D eigenvalue weighted by Crippen LogP contribution is 2.21. The van der Waals surface area contributed by atoms with Gasteiger partial charge >= 0.3 is 0 Å². The summed E-state index contributed by atoms with van der Waals surface area (Å²) in [6, 6.07) is 11.5. The molecular formula is C17H27N3.